The summed E-state index contributed by atoms with van der Waals surface area (Å²) in [5, 5.41) is 4.59. The van der Waals surface area contributed by atoms with Gasteiger partial charge in [-0.3, -0.25) is 0 Å². The van der Waals surface area contributed by atoms with E-state index in [1.54, 1.807) is 30.8 Å². The van der Waals surface area contributed by atoms with Gasteiger partial charge in [0.05, 0.1) is 0 Å². The van der Waals surface area contributed by atoms with Gasteiger partial charge in [-0.1, -0.05) is 41.2 Å². The molecule has 2 heterocycles. The first-order valence-corrected chi connectivity index (χ1v) is 9.25. The maximum absolute atomic E-state index is 13.7. The Hall–Kier alpha value is -2.67. The zero-order chi connectivity index (χ0) is 17.9. The van der Waals surface area contributed by atoms with Crippen molar-refractivity contribution in [2.45, 2.75) is 25.0 Å². The topological polar surface area (TPSA) is 65.0 Å². The first kappa shape index (κ1) is 16.8. The van der Waals surface area contributed by atoms with Gasteiger partial charge in [0.2, 0.25) is 11.7 Å². The number of benzene rings is 2. The predicted molar refractivity (Wildman–Crippen MR) is 97.5 cm³/mol. The van der Waals surface area contributed by atoms with Crippen LogP contribution in [0.1, 0.15) is 17.9 Å². The van der Waals surface area contributed by atoms with E-state index >= 15 is 0 Å². The second-order valence-corrected chi connectivity index (χ2v) is 6.92. The molecule has 0 saturated heterocycles. The van der Waals surface area contributed by atoms with E-state index in [0.29, 0.717) is 34.5 Å². The Morgan fingerprint density at radius 1 is 1.12 bits per heavy atom. The monoisotopic (exact) mass is 369 g/mol. The molecule has 0 saturated carbocycles. The van der Waals surface area contributed by atoms with Gasteiger partial charge in [0.25, 0.3) is 5.22 Å². The largest absolute Gasteiger partial charge is 0.431 e. The summed E-state index contributed by atoms with van der Waals surface area (Å²) in [6.45, 7) is 1.72. The minimum Gasteiger partial charge on any atom is -0.431 e. The number of oxazole rings is 1. The number of thioether (sulfide) groups is 1. The molecule has 4 aromatic rings. The fraction of sp³-hybridized carbons (Fsp3) is 0.211. The van der Waals surface area contributed by atoms with E-state index in [4.69, 9.17) is 8.94 Å². The number of halogens is 1. The average molecular weight is 369 g/mol. The van der Waals surface area contributed by atoms with Crippen molar-refractivity contribution < 1.29 is 13.3 Å². The van der Waals surface area contributed by atoms with E-state index in [-0.39, 0.29) is 5.82 Å². The normalized spacial score (nSPS) is 11.3. The van der Waals surface area contributed by atoms with Crippen LogP contribution >= 0.6 is 11.8 Å². The summed E-state index contributed by atoms with van der Waals surface area (Å²) in [5.41, 5.74) is 2.86. The molecule has 0 amide bonds. The van der Waals surface area contributed by atoms with Crippen LogP contribution in [0.15, 0.2) is 56.6 Å². The number of fused-ring (bicyclic) bond motifs is 1. The number of rotatable bonds is 6. The molecule has 0 atom stereocenters. The minimum atomic E-state index is -0.274. The van der Waals surface area contributed by atoms with Crippen molar-refractivity contribution in [2.75, 3.05) is 5.75 Å². The molecular weight excluding hydrogens is 353 g/mol. The molecule has 0 aliphatic rings. The van der Waals surface area contributed by atoms with Crippen LogP contribution in [0.3, 0.4) is 0 Å². The molecule has 0 bridgehead atoms. The second-order valence-electron chi connectivity index (χ2n) is 5.88. The number of hydrogen-bond donors (Lipinski definition) is 0. The van der Waals surface area contributed by atoms with Gasteiger partial charge in [-0.2, -0.15) is 4.98 Å². The third kappa shape index (κ3) is 3.62. The highest BCUT2D eigenvalue weighted by atomic mass is 32.2. The molecule has 26 heavy (non-hydrogen) atoms. The highest BCUT2D eigenvalue weighted by Crippen LogP contribution is 2.24. The molecule has 2 aromatic carbocycles. The lowest BCUT2D eigenvalue weighted by molar-refractivity contribution is 0.378. The van der Waals surface area contributed by atoms with Crippen molar-refractivity contribution in [3.63, 3.8) is 0 Å². The third-order valence-corrected chi connectivity index (χ3v) is 4.85. The van der Waals surface area contributed by atoms with Gasteiger partial charge in [0.1, 0.15) is 11.3 Å². The third-order valence-electron chi connectivity index (χ3n) is 3.93. The zero-order valence-electron chi connectivity index (χ0n) is 14.1. The summed E-state index contributed by atoms with van der Waals surface area (Å²) in [5.74, 6) is 1.50. The first-order chi connectivity index (χ1) is 12.7. The van der Waals surface area contributed by atoms with E-state index < -0.39 is 0 Å². The molecule has 132 valence electrons. The fourth-order valence-electron chi connectivity index (χ4n) is 2.50. The molecule has 0 unspecified atom stereocenters. The molecule has 0 aliphatic carbocycles. The summed E-state index contributed by atoms with van der Waals surface area (Å²) in [6, 6.07) is 12.6. The Bertz CT molecular complexity index is 1010. The SMILES string of the molecule is Cc1ccc(-c2noc(CCCSc3nc4ccccc4o3)n2)cc1F. The lowest BCUT2D eigenvalue weighted by atomic mass is 10.1. The summed E-state index contributed by atoms with van der Waals surface area (Å²) in [4.78, 5) is 8.76. The Labute approximate surface area is 153 Å². The van der Waals surface area contributed by atoms with Gasteiger partial charge in [0.15, 0.2) is 5.58 Å². The van der Waals surface area contributed by atoms with Crippen molar-refractivity contribution in [3.8, 4) is 11.4 Å². The number of aryl methyl sites for hydroxylation is 2. The van der Waals surface area contributed by atoms with Gasteiger partial charge in [0, 0.05) is 17.7 Å². The van der Waals surface area contributed by atoms with Crippen LogP contribution in [0, 0.1) is 12.7 Å². The smallest absolute Gasteiger partial charge is 0.256 e. The van der Waals surface area contributed by atoms with Crippen molar-refractivity contribution in [3.05, 3.63) is 59.7 Å². The van der Waals surface area contributed by atoms with Gasteiger partial charge in [-0.15, -0.1) is 0 Å². The van der Waals surface area contributed by atoms with Crippen LogP contribution in [0.2, 0.25) is 0 Å². The lowest BCUT2D eigenvalue weighted by Crippen LogP contribution is -1.89. The van der Waals surface area contributed by atoms with Crippen LogP contribution in [0.5, 0.6) is 0 Å². The molecule has 0 N–H and O–H groups in total. The highest BCUT2D eigenvalue weighted by molar-refractivity contribution is 7.99. The second kappa shape index (κ2) is 7.29. The predicted octanol–water partition coefficient (Wildman–Crippen LogP) is 5.05. The van der Waals surface area contributed by atoms with Crippen LogP contribution in [0.25, 0.3) is 22.5 Å². The Balaban J connectivity index is 1.32. The molecule has 2 aromatic heterocycles. The summed E-state index contributed by atoms with van der Waals surface area (Å²) in [7, 11) is 0. The number of hydrogen-bond acceptors (Lipinski definition) is 6. The van der Waals surface area contributed by atoms with E-state index in [1.165, 1.54) is 6.07 Å². The van der Waals surface area contributed by atoms with Gasteiger partial charge < -0.3 is 8.94 Å². The molecule has 7 heteroatoms. The quantitative estimate of drug-likeness (QED) is 0.350. The van der Waals surface area contributed by atoms with Crippen molar-refractivity contribution in [1.29, 1.82) is 0 Å². The van der Waals surface area contributed by atoms with E-state index in [9.17, 15) is 4.39 Å². The standard InChI is InChI=1S/C19H16FN3O2S/c1-12-8-9-13(11-14(12)20)18-22-17(25-23-18)7-4-10-26-19-21-15-5-2-3-6-16(15)24-19/h2-3,5-6,8-9,11H,4,7,10H2,1H3. The first-order valence-electron chi connectivity index (χ1n) is 8.26. The zero-order valence-corrected chi connectivity index (χ0v) is 14.9. The molecule has 0 radical (unpaired) electrons. The number of nitrogens with zero attached hydrogens (tertiary/aromatic N) is 3. The van der Waals surface area contributed by atoms with Gasteiger partial charge >= 0.3 is 0 Å². The van der Waals surface area contributed by atoms with E-state index in [0.717, 1.165) is 23.3 Å². The Morgan fingerprint density at radius 2 is 2.00 bits per heavy atom. The van der Waals surface area contributed by atoms with Gasteiger partial charge in [-0.25, -0.2) is 9.37 Å². The average Bonchev–Trinajstić information content (AvgIpc) is 3.27. The van der Waals surface area contributed by atoms with Crippen LogP contribution < -0.4 is 0 Å². The molecule has 4 rings (SSSR count). The minimum absolute atomic E-state index is 0.274. The van der Waals surface area contributed by atoms with Crippen molar-refractivity contribution in [1.82, 2.24) is 15.1 Å². The lowest BCUT2D eigenvalue weighted by Gasteiger charge is -1.97. The highest BCUT2D eigenvalue weighted by Gasteiger charge is 2.11. The summed E-state index contributed by atoms with van der Waals surface area (Å²) >= 11 is 1.55. The van der Waals surface area contributed by atoms with Gasteiger partial charge in [-0.05, 0) is 37.1 Å². The molecule has 0 fully saturated rings. The van der Waals surface area contributed by atoms with Crippen molar-refractivity contribution in [2.24, 2.45) is 0 Å². The Kier molecular flexibility index (Phi) is 4.71. The molecule has 5 nitrogen and oxygen atoms in total. The van der Waals surface area contributed by atoms with Crippen LogP contribution in [0.4, 0.5) is 4.39 Å². The molecular formula is C19H16FN3O2S. The van der Waals surface area contributed by atoms with Crippen molar-refractivity contribution >= 4 is 22.9 Å². The molecule has 0 aliphatic heterocycles. The van der Waals surface area contributed by atoms with E-state index in [1.807, 2.05) is 24.3 Å². The maximum atomic E-state index is 13.7. The fourth-order valence-corrected chi connectivity index (χ4v) is 3.28. The summed E-state index contributed by atoms with van der Waals surface area (Å²) in [6.07, 6.45) is 1.49. The number of aromatic nitrogens is 3. The van der Waals surface area contributed by atoms with Crippen LogP contribution in [-0.2, 0) is 6.42 Å². The number of para-hydroxylation sites is 2. The van der Waals surface area contributed by atoms with Crippen LogP contribution in [-0.4, -0.2) is 20.9 Å². The summed E-state index contributed by atoms with van der Waals surface area (Å²) < 4.78 is 24.6. The maximum Gasteiger partial charge on any atom is 0.256 e. The Morgan fingerprint density at radius 3 is 2.85 bits per heavy atom. The molecule has 0 spiro atoms. The van der Waals surface area contributed by atoms with E-state index in [2.05, 4.69) is 15.1 Å².